The van der Waals surface area contributed by atoms with E-state index in [-0.39, 0.29) is 29.3 Å². The molecular formula is C20H36O3. The van der Waals surface area contributed by atoms with Crippen molar-refractivity contribution in [3.8, 4) is 0 Å². The van der Waals surface area contributed by atoms with E-state index in [4.69, 9.17) is 9.47 Å². The molecule has 1 aliphatic rings. The Morgan fingerprint density at radius 2 is 1.74 bits per heavy atom. The number of unbranched alkanes of at least 4 members (excludes halogenated alkanes) is 1. The van der Waals surface area contributed by atoms with Gasteiger partial charge in [-0.1, -0.05) is 46.3 Å². The van der Waals surface area contributed by atoms with Crippen LogP contribution in [0, 0.1) is 17.3 Å². The lowest BCUT2D eigenvalue weighted by Gasteiger charge is -2.31. The maximum absolute atomic E-state index is 12.4. The topological polar surface area (TPSA) is 35.5 Å². The van der Waals surface area contributed by atoms with Crippen LogP contribution in [0.2, 0.25) is 0 Å². The van der Waals surface area contributed by atoms with Gasteiger partial charge in [0.25, 0.3) is 0 Å². The van der Waals surface area contributed by atoms with E-state index in [0.717, 1.165) is 32.3 Å². The van der Waals surface area contributed by atoms with Gasteiger partial charge in [0.05, 0.1) is 12.0 Å². The molecule has 3 atom stereocenters. The molecule has 0 aliphatic heterocycles. The monoisotopic (exact) mass is 324 g/mol. The molecule has 0 saturated heterocycles. The molecule has 0 unspecified atom stereocenters. The quantitative estimate of drug-likeness (QED) is 0.385. The Kier molecular flexibility index (Phi) is 6.88. The number of ether oxygens (including phenoxy) is 2. The molecule has 0 amide bonds. The first-order valence-corrected chi connectivity index (χ1v) is 8.99. The van der Waals surface area contributed by atoms with E-state index in [1.54, 1.807) is 0 Å². The number of hydrogen-bond acceptors (Lipinski definition) is 3. The predicted octanol–water partition coefficient (Wildman–Crippen LogP) is 5.14. The second-order valence-corrected chi connectivity index (χ2v) is 8.85. The highest BCUT2D eigenvalue weighted by atomic mass is 16.6. The SMILES string of the molecule is C=C([C@H]1C[C@H](C(=O)OC(C)(C)C)C[C@H]1OCCCC)C(C)(C)C. The van der Waals surface area contributed by atoms with Crippen molar-refractivity contribution in [1.29, 1.82) is 0 Å². The molecule has 3 heteroatoms. The molecule has 0 heterocycles. The minimum absolute atomic E-state index is 0.0276. The zero-order valence-corrected chi connectivity index (χ0v) is 16.2. The van der Waals surface area contributed by atoms with Gasteiger partial charge in [-0.3, -0.25) is 4.79 Å². The summed E-state index contributed by atoms with van der Waals surface area (Å²) in [5.41, 5.74) is 0.777. The first-order valence-electron chi connectivity index (χ1n) is 8.99. The van der Waals surface area contributed by atoms with Gasteiger partial charge in [0.2, 0.25) is 0 Å². The minimum Gasteiger partial charge on any atom is -0.460 e. The molecule has 0 radical (unpaired) electrons. The lowest BCUT2D eigenvalue weighted by molar-refractivity contribution is -0.160. The van der Waals surface area contributed by atoms with E-state index in [2.05, 4.69) is 34.3 Å². The van der Waals surface area contributed by atoms with E-state index < -0.39 is 5.60 Å². The summed E-state index contributed by atoms with van der Waals surface area (Å²) in [5.74, 6) is 0.0696. The van der Waals surface area contributed by atoms with Crippen molar-refractivity contribution in [3.05, 3.63) is 12.2 Å². The van der Waals surface area contributed by atoms with E-state index in [1.165, 1.54) is 5.57 Å². The fourth-order valence-electron chi connectivity index (χ4n) is 3.06. The van der Waals surface area contributed by atoms with Crippen LogP contribution in [0.3, 0.4) is 0 Å². The Morgan fingerprint density at radius 1 is 1.13 bits per heavy atom. The Balaban J connectivity index is 2.80. The number of rotatable bonds is 6. The number of esters is 1. The van der Waals surface area contributed by atoms with Gasteiger partial charge >= 0.3 is 5.97 Å². The second kappa shape index (κ2) is 7.83. The number of carbonyl (C=O) groups excluding carboxylic acids is 1. The molecule has 1 fully saturated rings. The van der Waals surface area contributed by atoms with Crippen LogP contribution in [0.25, 0.3) is 0 Å². The Hall–Kier alpha value is -0.830. The van der Waals surface area contributed by atoms with Crippen LogP contribution in [-0.2, 0) is 14.3 Å². The van der Waals surface area contributed by atoms with E-state index in [1.807, 2.05) is 20.8 Å². The Bertz CT molecular complexity index is 412. The number of carbonyl (C=O) groups is 1. The third-order valence-corrected chi connectivity index (χ3v) is 4.48. The van der Waals surface area contributed by atoms with Crippen molar-refractivity contribution >= 4 is 5.97 Å². The molecule has 0 bridgehead atoms. The van der Waals surface area contributed by atoms with Gasteiger partial charge in [-0.2, -0.15) is 0 Å². The molecule has 0 aromatic carbocycles. The largest absolute Gasteiger partial charge is 0.460 e. The van der Waals surface area contributed by atoms with Crippen molar-refractivity contribution in [2.24, 2.45) is 17.3 Å². The average molecular weight is 325 g/mol. The summed E-state index contributed by atoms with van der Waals surface area (Å²) in [5, 5.41) is 0. The molecule has 23 heavy (non-hydrogen) atoms. The van der Waals surface area contributed by atoms with Crippen molar-refractivity contribution < 1.29 is 14.3 Å². The smallest absolute Gasteiger partial charge is 0.309 e. The minimum atomic E-state index is -0.436. The average Bonchev–Trinajstić information content (AvgIpc) is 2.79. The number of hydrogen-bond donors (Lipinski definition) is 0. The van der Waals surface area contributed by atoms with Gasteiger partial charge in [0.1, 0.15) is 5.60 Å². The summed E-state index contributed by atoms with van der Waals surface area (Å²) >= 11 is 0. The summed E-state index contributed by atoms with van der Waals surface area (Å²) < 4.78 is 11.7. The summed E-state index contributed by atoms with van der Waals surface area (Å²) in [4.78, 5) is 12.4. The molecule has 0 aromatic heterocycles. The lowest BCUT2D eigenvalue weighted by atomic mass is 9.78. The Morgan fingerprint density at radius 3 is 2.22 bits per heavy atom. The van der Waals surface area contributed by atoms with Gasteiger partial charge in [-0.15, -0.1) is 0 Å². The predicted molar refractivity (Wildman–Crippen MR) is 95.3 cm³/mol. The molecule has 1 saturated carbocycles. The van der Waals surface area contributed by atoms with Crippen LogP contribution in [0.4, 0.5) is 0 Å². The molecule has 134 valence electrons. The van der Waals surface area contributed by atoms with Gasteiger partial charge in [-0.25, -0.2) is 0 Å². The van der Waals surface area contributed by atoms with Gasteiger partial charge < -0.3 is 9.47 Å². The van der Waals surface area contributed by atoms with Gasteiger partial charge in [0.15, 0.2) is 0 Å². The van der Waals surface area contributed by atoms with Crippen LogP contribution in [-0.4, -0.2) is 24.3 Å². The highest BCUT2D eigenvalue weighted by Crippen LogP contribution is 2.44. The maximum Gasteiger partial charge on any atom is 0.309 e. The summed E-state index contributed by atoms with van der Waals surface area (Å²) in [6.07, 6.45) is 3.81. The molecule has 0 N–H and O–H groups in total. The molecule has 0 spiro atoms. The highest BCUT2D eigenvalue weighted by Gasteiger charge is 2.43. The fraction of sp³-hybridized carbons (Fsp3) is 0.850. The Labute approximate surface area is 142 Å². The fourth-order valence-corrected chi connectivity index (χ4v) is 3.06. The first-order chi connectivity index (χ1) is 10.5. The summed E-state index contributed by atoms with van der Waals surface area (Å²) in [6, 6.07) is 0. The van der Waals surface area contributed by atoms with Crippen molar-refractivity contribution in [2.45, 2.75) is 85.9 Å². The standard InChI is InChI=1S/C20H36O3/c1-9-10-11-22-17-13-15(18(21)23-20(6,7)8)12-16(17)14(2)19(3,4)5/h15-17H,2,9-13H2,1,3-8H3/t15-,16+,17+/m0/s1. The van der Waals surface area contributed by atoms with E-state index >= 15 is 0 Å². The zero-order chi connectivity index (χ0) is 17.8. The van der Waals surface area contributed by atoms with Crippen molar-refractivity contribution in [2.75, 3.05) is 6.61 Å². The van der Waals surface area contributed by atoms with E-state index in [9.17, 15) is 4.79 Å². The van der Waals surface area contributed by atoms with Crippen LogP contribution in [0.1, 0.15) is 74.1 Å². The van der Waals surface area contributed by atoms with Crippen LogP contribution in [0.15, 0.2) is 12.2 Å². The summed E-state index contributed by atoms with van der Waals surface area (Å²) in [7, 11) is 0. The molecule has 3 nitrogen and oxygen atoms in total. The highest BCUT2D eigenvalue weighted by molar-refractivity contribution is 5.73. The third-order valence-electron chi connectivity index (χ3n) is 4.48. The van der Waals surface area contributed by atoms with Gasteiger partial charge in [0, 0.05) is 12.5 Å². The van der Waals surface area contributed by atoms with Crippen LogP contribution in [0.5, 0.6) is 0 Å². The molecule has 1 aliphatic carbocycles. The third kappa shape index (κ3) is 6.29. The van der Waals surface area contributed by atoms with Crippen molar-refractivity contribution in [1.82, 2.24) is 0 Å². The second-order valence-electron chi connectivity index (χ2n) is 8.85. The molecular weight excluding hydrogens is 288 g/mol. The van der Waals surface area contributed by atoms with Crippen LogP contribution >= 0.6 is 0 Å². The molecule has 0 aromatic rings. The van der Waals surface area contributed by atoms with Gasteiger partial charge in [-0.05, 0) is 45.4 Å². The van der Waals surface area contributed by atoms with E-state index in [0.29, 0.717) is 0 Å². The lowest BCUT2D eigenvalue weighted by Crippen LogP contribution is -2.28. The van der Waals surface area contributed by atoms with Crippen LogP contribution < -0.4 is 0 Å². The maximum atomic E-state index is 12.4. The first kappa shape index (κ1) is 20.2. The van der Waals surface area contributed by atoms with Crippen molar-refractivity contribution in [3.63, 3.8) is 0 Å². The zero-order valence-electron chi connectivity index (χ0n) is 16.2. The summed E-state index contributed by atoms with van der Waals surface area (Å²) in [6.45, 7) is 19.5. The molecule has 1 rings (SSSR count). The normalized spacial score (nSPS) is 25.4.